The smallest absolute Gasteiger partial charge is 0.229 e. The minimum absolute atomic E-state index is 0.0713. The summed E-state index contributed by atoms with van der Waals surface area (Å²) in [5.41, 5.74) is -0.0713. The van der Waals surface area contributed by atoms with E-state index in [1.54, 1.807) is 0 Å². The van der Waals surface area contributed by atoms with Gasteiger partial charge in [0.1, 0.15) is 24.0 Å². The van der Waals surface area contributed by atoms with E-state index in [-0.39, 0.29) is 15.8 Å². The molecule has 1 aliphatic heterocycles. The average molecular weight is 319 g/mol. The van der Waals surface area contributed by atoms with Crippen LogP contribution in [0.5, 0.6) is 0 Å². The van der Waals surface area contributed by atoms with Gasteiger partial charge >= 0.3 is 0 Å². The molecule has 4 atom stereocenters. The van der Waals surface area contributed by atoms with Crippen LogP contribution in [-0.2, 0) is 4.74 Å². The van der Waals surface area contributed by atoms with E-state index in [4.69, 9.17) is 22.1 Å². The number of hydrogen-bond donors (Lipinski definition) is 4. The van der Waals surface area contributed by atoms with Gasteiger partial charge in [0.2, 0.25) is 10.7 Å². The number of aliphatic hydroxyl groups is 3. The van der Waals surface area contributed by atoms with Crippen LogP contribution in [-0.4, -0.2) is 54.8 Å². The van der Waals surface area contributed by atoms with Gasteiger partial charge in [-0.1, -0.05) is 0 Å². The second kappa shape index (κ2) is 5.07. The number of halogens is 2. The molecule has 114 valence electrons. The number of rotatable bonds is 2. The van der Waals surface area contributed by atoms with Crippen LogP contribution >= 0.6 is 12.2 Å². The zero-order valence-corrected chi connectivity index (χ0v) is 11.2. The number of aliphatic hydroxyl groups excluding tert-OH is 3. The molecule has 1 saturated heterocycles. The summed E-state index contributed by atoms with van der Waals surface area (Å²) in [4.78, 5) is 5.92. The Morgan fingerprint density at radius 1 is 1.38 bits per heavy atom. The highest BCUT2D eigenvalue weighted by atomic mass is 32.1. The molecule has 21 heavy (non-hydrogen) atoms. The van der Waals surface area contributed by atoms with Crippen LogP contribution < -0.4 is 0 Å². The zero-order valence-electron chi connectivity index (χ0n) is 10.4. The summed E-state index contributed by atoms with van der Waals surface area (Å²) in [6, 6.07) is 0. The minimum atomic E-state index is -1.39. The molecule has 10 heteroatoms. The first kappa shape index (κ1) is 14.5. The van der Waals surface area contributed by atoms with Crippen LogP contribution in [0.3, 0.4) is 0 Å². The maximum absolute atomic E-state index is 13.6. The Bertz CT molecular complexity index is 749. The standard InChI is InChI=1S/C11H11F2N3O4S/c12-5-3-1-16(11(21)15-9(3)14-8(5)13)10-7(19)6(18)4(2-17)20-10/h1,4,6-7,10,17-19H,2H2,(H,14,15,21). The van der Waals surface area contributed by atoms with Crippen molar-refractivity contribution in [3.05, 3.63) is 22.7 Å². The highest BCUT2D eigenvalue weighted by molar-refractivity contribution is 7.71. The summed E-state index contributed by atoms with van der Waals surface area (Å²) >= 11 is 4.99. The van der Waals surface area contributed by atoms with E-state index in [0.717, 1.165) is 10.8 Å². The van der Waals surface area contributed by atoms with Crippen LogP contribution in [0.25, 0.3) is 11.0 Å². The normalized spacial score (nSPS) is 29.4. The molecule has 1 fully saturated rings. The molecule has 3 heterocycles. The maximum atomic E-state index is 13.6. The van der Waals surface area contributed by atoms with E-state index in [1.165, 1.54) is 0 Å². The Kier molecular flexibility index (Phi) is 3.50. The first-order chi connectivity index (χ1) is 9.93. The summed E-state index contributed by atoms with van der Waals surface area (Å²) in [7, 11) is 0. The Labute approximate surface area is 121 Å². The van der Waals surface area contributed by atoms with Crippen molar-refractivity contribution in [2.24, 2.45) is 0 Å². The van der Waals surface area contributed by atoms with Gasteiger partial charge < -0.3 is 25.0 Å². The summed E-state index contributed by atoms with van der Waals surface area (Å²) in [6.07, 6.45) is -3.74. The quantitative estimate of drug-likeness (QED) is 0.580. The van der Waals surface area contributed by atoms with Crippen molar-refractivity contribution in [3.63, 3.8) is 0 Å². The van der Waals surface area contributed by atoms with Gasteiger partial charge in [-0.3, -0.25) is 4.57 Å². The highest BCUT2D eigenvalue weighted by Crippen LogP contribution is 2.30. The summed E-state index contributed by atoms with van der Waals surface area (Å²) in [5, 5.41) is 28.5. The first-order valence-electron chi connectivity index (χ1n) is 6.02. The SMILES string of the molecule is OCC1OC(n2cc3c(F)c(F)[nH]c3nc2=S)C(O)C1O. The lowest BCUT2D eigenvalue weighted by atomic mass is 10.1. The largest absolute Gasteiger partial charge is 0.394 e. The number of ether oxygens (including phenoxy) is 1. The van der Waals surface area contributed by atoms with E-state index < -0.39 is 42.9 Å². The van der Waals surface area contributed by atoms with Gasteiger partial charge in [-0.05, 0) is 12.2 Å². The van der Waals surface area contributed by atoms with Crippen molar-refractivity contribution in [2.45, 2.75) is 24.5 Å². The molecule has 0 amide bonds. The molecule has 4 unspecified atom stereocenters. The lowest BCUT2D eigenvalue weighted by molar-refractivity contribution is -0.0538. The first-order valence-corrected chi connectivity index (χ1v) is 6.43. The fourth-order valence-electron chi connectivity index (χ4n) is 2.29. The maximum Gasteiger partial charge on any atom is 0.229 e. The predicted octanol–water partition coefficient (Wildman–Crippen LogP) is -0.0164. The van der Waals surface area contributed by atoms with E-state index in [2.05, 4.69) is 9.97 Å². The van der Waals surface area contributed by atoms with E-state index in [9.17, 15) is 19.0 Å². The van der Waals surface area contributed by atoms with E-state index >= 15 is 0 Å². The summed E-state index contributed by atoms with van der Waals surface area (Å²) < 4.78 is 33.0. The Balaban J connectivity index is 2.10. The lowest BCUT2D eigenvalue weighted by Gasteiger charge is -2.18. The molecular weight excluding hydrogens is 308 g/mol. The van der Waals surface area contributed by atoms with Gasteiger partial charge in [0, 0.05) is 6.20 Å². The molecule has 0 radical (unpaired) electrons. The van der Waals surface area contributed by atoms with Crippen LogP contribution in [0.2, 0.25) is 0 Å². The van der Waals surface area contributed by atoms with Gasteiger partial charge in [0.25, 0.3) is 0 Å². The third-order valence-electron chi connectivity index (χ3n) is 3.40. The van der Waals surface area contributed by atoms with Crippen LogP contribution in [0.4, 0.5) is 8.78 Å². The summed E-state index contributed by atoms with van der Waals surface area (Å²) in [5.74, 6) is -2.31. The van der Waals surface area contributed by atoms with Crippen molar-refractivity contribution in [3.8, 4) is 0 Å². The molecule has 3 rings (SSSR count). The third-order valence-corrected chi connectivity index (χ3v) is 3.70. The molecule has 0 aromatic carbocycles. The molecular formula is C11H11F2N3O4S. The number of H-pyrrole nitrogens is 1. The molecule has 2 aromatic rings. The van der Waals surface area contributed by atoms with Crippen LogP contribution in [0, 0.1) is 16.5 Å². The third kappa shape index (κ3) is 2.15. The fraction of sp³-hybridized carbons (Fsp3) is 0.455. The minimum Gasteiger partial charge on any atom is -0.394 e. The van der Waals surface area contributed by atoms with Crippen molar-refractivity contribution < 1.29 is 28.8 Å². The van der Waals surface area contributed by atoms with Gasteiger partial charge in [-0.25, -0.2) is 9.37 Å². The number of nitrogens with zero attached hydrogens (tertiary/aromatic N) is 2. The van der Waals surface area contributed by atoms with Gasteiger partial charge in [-0.15, -0.1) is 0 Å². The molecule has 0 saturated carbocycles. The molecule has 0 bridgehead atoms. The molecule has 7 nitrogen and oxygen atoms in total. The number of fused-ring (bicyclic) bond motifs is 1. The molecule has 0 spiro atoms. The van der Waals surface area contributed by atoms with E-state index in [0.29, 0.717) is 0 Å². The lowest BCUT2D eigenvalue weighted by Crippen LogP contribution is -2.33. The number of aromatic nitrogens is 3. The van der Waals surface area contributed by atoms with Crippen molar-refractivity contribution >= 4 is 23.3 Å². The Hall–Kier alpha value is -1.46. The Morgan fingerprint density at radius 3 is 2.71 bits per heavy atom. The number of aromatic amines is 1. The van der Waals surface area contributed by atoms with Crippen molar-refractivity contribution in [1.29, 1.82) is 0 Å². The molecule has 0 aliphatic carbocycles. The molecule has 2 aromatic heterocycles. The van der Waals surface area contributed by atoms with Crippen LogP contribution in [0.1, 0.15) is 6.23 Å². The zero-order chi connectivity index (χ0) is 15.3. The van der Waals surface area contributed by atoms with Crippen molar-refractivity contribution in [2.75, 3.05) is 6.61 Å². The number of nitrogens with one attached hydrogen (secondary N) is 1. The van der Waals surface area contributed by atoms with Gasteiger partial charge in [0.05, 0.1) is 12.0 Å². The molecule has 1 aliphatic rings. The van der Waals surface area contributed by atoms with Crippen LogP contribution in [0.15, 0.2) is 6.20 Å². The molecule has 4 N–H and O–H groups in total. The monoisotopic (exact) mass is 319 g/mol. The fourth-order valence-corrected chi connectivity index (χ4v) is 2.54. The second-order valence-electron chi connectivity index (χ2n) is 4.67. The topological polar surface area (TPSA) is 104 Å². The van der Waals surface area contributed by atoms with Crippen molar-refractivity contribution in [1.82, 2.24) is 14.5 Å². The number of hydrogen-bond acceptors (Lipinski definition) is 6. The Morgan fingerprint density at radius 2 is 2.10 bits per heavy atom. The second-order valence-corrected chi connectivity index (χ2v) is 5.04. The highest BCUT2D eigenvalue weighted by Gasteiger charge is 2.43. The van der Waals surface area contributed by atoms with Gasteiger partial charge in [-0.2, -0.15) is 4.39 Å². The average Bonchev–Trinajstić information content (AvgIpc) is 2.88. The van der Waals surface area contributed by atoms with E-state index in [1.807, 2.05) is 0 Å². The predicted molar refractivity (Wildman–Crippen MR) is 67.8 cm³/mol. The van der Waals surface area contributed by atoms with Gasteiger partial charge in [0.15, 0.2) is 12.0 Å². The summed E-state index contributed by atoms with van der Waals surface area (Å²) in [6.45, 7) is -0.509.